The molecule has 1 aliphatic heterocycles. The van der Waals surface area contributed by atoms with Crippen molar-refractivity contribution in [3.8, 4) is 0 Å². The number of nitrogens with one attached hydrogen (secondary N) is 1. The van der Waals surface area contributed by atoms with Crippen LogP contribution in [0.1, 0.15) is 55.3 Å². The summed E-state index contributed by atoms with van der Waals surface area (Å²) in [6, 6.07) is 17.3. The molecule has 1 heterocycles. The van der Waals surface area contributed by atoms with Crippen molar-refractivity contribution >= 4 is 11.9 Å². The molecule has 2 aromatic carbocycles. The highest BCUT2D eigenvalue weighted by Gasteiger charge is 2.29. The molecule has 1 aliphatic rings. The number of amides is 1. The number of benzene rings is 2. The number of ether oxygens (including phenoxy) is 1. The maximum Gasteiger partial charge on any atom is 0.333 e. The Hall–Kier alpha value is -2.66. The molecule has 0 saturated carbocycles. The summed E-state index contributed by atoms with van der Waals surface area (Å²) in [5.41, 5.74) is 3.39. The van der Waals surface area contributed by atoms with Crippen molar-refractivity contribution in [3.63, 3.8) is 0 Å². The van der Waals surface area contributed by atoms with Crippen LogP contribution in [0.5, 0.6) is 0 Å². The zero-order valence-corrected chi connectivity index (χ0v) is 18.1. The van der Waals surface area contributed by atoms with E-state index in [4.69, 9.17) is 4.74 Å². The van der Waals surface area contributed by atoms with E-state index >= 15 is 0 Å². The highest BCUT2D eigenvalue weighted by atomic mass is 16.5. The summed E-state index contributed by atoms with van der Waals surface area (Å²) in [6.45, 7) is 7.05. The minimum atomic E-state index is -0.763. The predicted octanol–water partition coefficient (Wildman–Crippen LogP) is 4.05. The van der Waals surface area contributed by atoms with Gasteiger partial charge in [0.25, 0.3) is 0 Å². The number of methoxy groups -OCH3 is 1. The highest BCUT2D eigenvalue weighted by molar-refractivity contribution is 5.86. The largest absolute Gasteiger partial charge is 0.467 e. The zero-order valence-electron chi connectivity index (χ0n) is 18.1. The smallest absolute Gasteiger partial charge is 0.333 e. The SMILES string of the molecule is COC(=O)C(NC(=O)C1CCN(Cc2ccc(C(C)C)cc2)CC1)c1ccccc1. The molecule has 5 nitrogen and oxygen atoms in total. The van der Waals surface area contributed by atoms with E-state index in [0.717, 1.165) is 38.0 Å². The first kappa shape index (κ1) is 22.0. The van der Waals surface area contributed by atoms with E-state index in [1.807, 2.05) is 30.3 Å². The van der Waals surface area contributed by atoms with Crippen LogP contribution in [0.4, 0.5) is 0 Å². The third kappa shape index (κ3) is 5.70. The van der Waals surface area contributed by atoms with Crippen molar-refractivity contribution in [2.45, 2.75) is 45.2 Å². The van der Waals surface area contributed by atoms with Crippen molar-refractivity contribution in [1.82, 2.24) is 10.2 Å². The van der Waals surface area contributed by atoms with Crippen LogP contribution in [0.25, 0.3) is 0 Å². The van der Waals surface area contributed by atoms with Gasteiger partial charge in [0.15, 0.2) is 6.04 Å². The molecule has 160 valence electrons. The van der Waals surface area contributed by atoms with E-state index in [2.05, 4.69) is 48.3 Å². The Morgan fingerprint density at radius 1 is 1.00 bits per heavy atom. The number of nitrogens with zero attached hydrogens (tertiary/aromatic N) is 1. The van der Waals surface area contributed by atoms with Gasteiger partial charge in [0.2, 0.25) is 5.91 Å². The Morgan fingerprint density at radius 3 is 2.20 bits per heavy atom. The Kier molecular flexibility index (Phi) is 7.63. The molecular weight excluding hydrogens is 376 g/mol. The molecule has 0 aliphatic carbocycles. The molecule has 0 spiro atoms. The Labute approximate surface area is 179 Å². The zero-order chi connectivity index (χ0) is 21.5. The lowest BCUT2D eigenvalue weighted by molar-refractivity contribution is -0.146. The molecule has 2 aromatic rings. The maximum absolute atomic E-state index is 12.8. The maximum atomic E-state index is 12.8. The molecule has 30 heavy (non-hydrogen) atoms. The van der Waals surface area contributed by atoms with Crippen molar-refractivity contribution in [1.29, 1.82) is 0 Å². The number of carbonyl (C=O) groups is 2. The molecule has 1 N–H and O–H groups in total. The number of piperidine rings is 1. The fraction of sp³-hybridized carbons (Fsp3) is 0.440. The first-order valence-corrected chi connectivity index (χ1v) is 10.7. The predicted molar refractivity (Wildman–Crippen MR) is 118 cm³/mol. The molecule has 1 unspecified atom stereocenters. The monoisotopic (exact) mass is 408 g/mol. The Bertz CT molecular complexity index is 825. The van der Waals surface area contributed by atoms with E-state index in [1.54, 1.807) is 0 Å². The minimum absolute atomic E-state index is 0.0739. The summed E-state index contributed by atoms with van der Waals surface area (Å²) in [4.78, 5) is 27.4. The molecule has 5 heteroatoms. The van der Waals surface area contributed by atoms with Gasteiger partial charge < -0.3 is 10.1 Å². The van der Waals surface area contributed by atoms with Gasteiger partial charge in [-0.2, -0.15) is 0 Å². The Morgan fingerprint density at radius 2 is 1.63 bits per heavy atom. The molecule has 1 saturated heterocycles. The summed E-state index contributed by atoms with van der Waals surface area (Å²) in [6.07, 6.45) is 1.58. The van der Waals surface area contributed by atoms with Crippen molar-refractivity contribution in [2.24, 2.45) is 5.92 Å². The number of carbonyl (C=O) groups excluding carboxylic acids is 2. The standard InChI is InChI=1S/C25H32N2O3/c1-18(2)20-11-9-19(10-12-20)17-27-15-13-22(14-16-27)24(28)26-23(25(29)30-3)21-7-5-4-6-8-21/h4-12,18,22-23H,13-17H2,1-3H3,(H,26,28). The Balaban J connectivity index is 1.53. The average molecular weight is 409 g/mol. The van der Waals surface area contributed by atoms with Gasteiger partial charge >= 0.3 is 5.97 Å². The first-order valence-electron chi connectivity index (χ1n) is 10.7. The van der Waals surface area contributed by atoms with Gasteiger partial charge in [0.1, 0.15) is 0 Å². The normalized spacial score (nSPS) is 16.3. The van der Waals surface area contributed by atoms with Crippen LogP contribution < -0.4 is 5.32 Å². The third-order valence-corrected chi connectivity index (χ3v) is 5.87. The second-order valence-electron chi connectivity index (χ2n) is 8.32. The van der Waals surface area contributed by atoms with Gasteiger partial charge in [-0.1, -0.05) is 68.4 Å². The van der Waals surface area contributed by atoms with Gasteiger partial charge in [0.05, 0.1) is 7.11 Å². The summed E-state index contributed by atoms with van der Waals surface area (Å²) < 4.78 is 4.90. The molecule has 0 aromatic heterocycles. The second kappa shape index (κ2) is 10.4. The van der Waals surface area contributed by atoms with Crippen LogP contribution in [-0.4, -0.2) is 37.0 Å². The average Bonchev–Trinajstić information content (AvgIpc) is 2.78. The van der Waals surface area contributed by atoms with Gasteiger partial charge in [-0.3, -0.25) is 9.69 Å². The van der Waals surface area contributed by atoms with Gasteiger partial charge in [-0.05, 0) is 48.5 Å². The van der Waals surface area contributed by atoms with Crippen LogP contribution in [0.3, 0.4) is 0 Å². The summed E-state index contributed by atoms with van der Waals surface area (Å²) >= 11 is 0. The lowest BCUT2D eigenvalue weighted by atomic mass is 9.94. The lowest BCUT2D eigenvalue weighted by Gasteiger charge is -2.32. The van der Waals surface area contributed by atoms with Gasteiger partial charge in [0, 0.05) is 12.5 Å². The van der Waals surface area contributed by atoms with Crippen molar-refractivity contribution in [3.05, 3.63) is 71.3 Å². The van der Waals surface area contributed by atoms with E-state index in [-0.39, 0.29) is 11.8 Å². The number of likely N-dealkylation sites (tertiary alicyclic amines) is 1. The number of hydrogen-bond donors (Lipinski definition) is 1. The fourth-order valence-corrected chi connectivity index (χ4v) is 3.92. The van der Waals surface area contributed by atoms with Crippen LogP contribution in [0.2, 0.25) is 0 Å². The fourth-order valence-electron chi connectivity index (χ4n) is 3.92. The van der Waals surface area contributed by atoms with Gasteiger partial charge in [-0.15, -0.1) is 0 Å². The molecule has 1 fully saturated rings. The molecule has 0 radical (unpaired) electrons. The number of hydrogen-bond acceptors (Lipinski definition) is 4. The minimum Gasteiger partial charge on any atom is -0.467 e. The second-order valence-corrected chi connectivity index (χ2v) is 8.32. The van der Waals surface area contributed by atoms with Crippen LogP contribution in [0.15, 0.2) is 54.6 Å². The van der Waals surface area contributed by atoms with Gasteiger partial charge in [-0.25, -0.2) is 4.79 Å². The number of rotatable bonds is 7. The van der Waals surface area contributed by atoms with E-state index in [0.29, 0.717) is 5.92 Å². The molecule has 1 atom stereocenters. The van der Waals surface area contributed by atoms with Crippen LogP contribution in [0, 0.1) is 5.92 Å². The summed E-state index contributed by atoms with van der Waals surface area (Å²) in [5.74, 6) is -0.0644. The molecule has 1 amide bonds. The first-order chi connectivity index (χ1) is 14.5. The summed E-state index contributed by atoms with van der Waals surface area (Å²) in [7, 11) is 1.34. The quantitative estimate of drug-likeness (QED) is 0.702. The molecule has 3 rings (SSSR count). The van der Waals surface area contributed by atoms with E-state index in [1.165, 1.54) is 18.2 Å². The summed E-state index contributed by atoms with van der Waals surface area (Å²) in [5, 5.41) is 2.90. The third-order valence-electron chi connectivity index (χ3n) is 5.87. The lowest BCUT2D eigenvalue weighted by Crippen LogP contribution is -2.43. The topological polar surface area (TPSA) is 58.6 Å². The number of esters is 1. The van der Waals surface area contributed by atoms with E-state index < -0.39 is 12.0 Å². The van der Waals surface area contributed by atoms with Crippen LogP contribution >= 0.6 is 0 Å². The van der Waals surface area contributed by atoms with Crippen LogP contribution in [-0.2, 0) is 20.9 Å². The molecule has 0 bridgehead atoms. The van der Waals surface area contributed by atoms with Crippen molar-refractivity contribution < 1.29 is 14.3 Å². The van der Waals surface area contributed by atoms with E-state index in [9.17, 15) is 9.59 Å². The molecular formula is C25H32N2O3. The van der Waals surface area contributed by atoms with Crippen molar-refractivity contribution in [2.75, 3.05) is 20.2 Å². The highest BCUT2D eigenvalue weighted by Crippen LogP contribution is 2.22.